The molecule has 2 N–H and O–H groups in total. The summed E-state index contributed by atoms with van der Waals surface area (Å²) in [4.78, 5) is 7.16. The van der Waals surface area contributed by atoms with Gasteiger partial charge in [-0.15, -0.1) is 0 Å². The smallest absolute Gasteiger partial charge is 0.128 e. The van der Waals surface area contributed by atoms with Gasteiger partial charge >= 0.3 is 0 Å². The first-order chi connectivity index (χ1) is 8.88. The molecule has 1 aromatic rings. The average molecular weight is 245 g/mol. The summed E-state index contributed by atoms with van der Waals surface area (Å²) in [5.41, 5.74) is 6.75. The van der Waals surface area contributed by atoms with Crippen molar-refractivity contribution < 1.29 is 0 Å². The van der Waals surface area contributed by atoms with Crippen molar-refractivity contribution in [1.82, 2.24) is 4.98 Å². The van der Waals surface area contributed by atoms with E-state index in [2.05, 4.69) is 22.0 Å². The Morgan fingerprint density at radius 3 is 2.78 bits per heavy atom. The van der Waals surface area contributed by atoms with Gasteiger partial charge in [0, 0.05) is 25.3 Å². The molecule has 1 aliphatic carbocycles. The van der Waals surface area contributed by atoms with Crippen LogP contribution in [0.1, 0.15) is 44.1 Å². The third-order valence-corrected chi connectivity index (χ3v) is 4.58. The maximum Gasteiger partial charge on any atom is 0.128 e. The molecule has 0 radical (unpaired) electrons. The predicted molar refractivity (Wildman–Crippen MR) is 74.5 cm³/mol. The molecule has 98 valence electrons. The highest BCUT2D eigenvalue weighted by molar-refractivity contribution is 5.41. The highest BCUT2D eigenvalue weighted by Gasteiger charge is 2.33. The zero-order valence-electron chi connectivity index (χ0n) is 11.0. The summed E-state index contributed by atoms with van der Waals surface area (Å²) in [6, 6.07) is 5.01. The minimum absolute atomic E-state index is 0.583. The van der Waals surface area contributed by atoms with Gasteiger partial charge in [0.2, 0.25) is 0 Å². The first-order valence-corrected chi connectivity index (χ1v) is 7.30. The van der Waals surface area contributed by atoms with Crippen LogP contribution in [-0.4, -0.2) is 17.6 Å². The molecule has 1 saturated heterocycles. The average Bonchev–Trinajstić information content (AvgIpc) is 2.47. The van der Waals surface area contributed by atoms with Crippen molar-refractivity contribution in [2.24, 2.45) is 11.7 Å². The van der Waals surface area contributed by atoms with E-state index in [4.69, 9.17) is 5.73 Å². The van der Waals surface area contributed by atoms with E-state index in [1.54, 1.807) is 0 Å². The van der Waals surface area contributed by atoms with Crippen LogP contribution in [-0.2, 0) is 6.54 Å². The van der Waals surface area contributed by atoms with Crippen molar-refractivity contribution in [3.63, 3.8) is 0 Å². The Balaban J connectivity index is 1.80. The van der Waals surface area contributed by atoms with Crippen LogP contribution in [0.5, 0.6) is 0 Å². The molecule has 2 atom stereocenters. The lowest BCUT2D eigenvalue weighted by atomic mass is 9.78. The van der Waals surface area contributed by atoms with Crippen LogP contribution in [0, 0.1) is 5.92 Å². The predicted octanol–water partition coefficient (Wildman–Crippen LogP) is 2.70. The Kier molecular flexibility index (Phi) is 3.50. The lowest BCUT2D eigenvalue weighted by Gasteiger charge is -2.44. The van der Waals surface area contributed by atoms with Gasteiger partial charge in [-0.3, -0.25) is 0 Å². The van der Waals surface area contributed by atoms with Gasteiger partial charge in [-0.1, -0.05) is 18.9 Å². The van der Waals surface area contributed by atoms with Crippen molar-refractivity contribution in [3.05, 3.63) is 23.9 Å². The van der Waals surface area contributed by atoms with Gasteiger partial charge < -0.3 is 10.6 Å². The van der Waals surface area contributed by atoms with Crippen molar-refractivity contribution in [2.45, 2.75) is 51.1 Å². The number of hydrogen-bond acceptors (Lipinski definition) is 3. The Morgan fingerprint density at radius 2 is 2.00 bits per heavy atom. The number of fused-ring (bicyclic) bond motifs is 1. The number of nitrogens with two attached hydrogens (primary N) is 1. The molecular formula is C15H23N3. The van der Waals surface area contributed by atoms with Gasteiger partial charge in [0.15, 0.2) is 0 Å². The lowest BCUT2D eigenvalue weighted by Crippen LogP contribution is -2.47. The summed E-state index contributed by atoms with van der Waals surface area (Å²) in [5, 5.41) is 0. The van der Waals surface area contributed by atoms with Gasteiger partial charge in [0.25, 0.3) is 0 Å². The quantitative estimate of drug-likeness (QED) is 0.871. The maximum atomic E-state index is 5.63. The number of rotatable bonds is 2. The second-order valence-corrected chi connectivity index (χ2v) is 5.68. The van der Waals surface area contributed by atoms with E-state index in [1.807, 2.05) is 6.20 Å². The molecule has 0 bridgehead atoms. The molecular weight excluding hydrogens is 222 g/mol. The molecule has 2 aliphatic rings. The molecule has 2 fully saturated rings. The van der Waals surface area contributed by atoms with Crippen LogP contribution >= 0.6 is 0 Å². The zero-order valence-corrected chi connectivity index (χ0v) is 11.0. The third kappa shape index (κ3) is 2.24. The molecule has 18 heavy (non-hydrogen) atoms. The maximum absolute atomic E-state index is 5.63. The first kappa shape index (κ1) is 12.0. The number of pyridine rings is 1. The fourth-order valence-electron chi connectivity index (χ4n) is 3.62. The van der Waals surface area contributed by atoms with Gasteiger partial charge in [0.1, 0.15) is 5.82 Å². The Morgan fingerprint density at radius 1 is 1.17 bits per heavy atom. The van der Waals surface area contributed by atoms with Gasteiger partial charge in [-0.2, -0.15) is 0 Å². The van der Waals surface area contributed by atoms with Gasteiger partial charge in [-0.05, 0) is 43.2 Å². The topological polar surface area (TPSA) is 42.1 Å². The number of aromatic nitrogens is 1. The summed E-state index contributed by atoms with van der Waals surface area (Å²) in [7, 11) is 0. The van der Waals surface area contributed by atoms with Crippen LogP contribution in [0.2, 0.25) is 0 Å². The SMILES string of the molecule is NCc1ccc(N2CCC[C@H]3CCCC[C@H]32)nc1. The summed E-state index contributed by atoms with van der Waals surface area (Å²) in [6.45, 7) is 1.76. The van der Waals surface area contributed by atoms with E-state index >= 15 is 0 Å². The van der Waals surface area contributed by atoms with E-state index < -0.39 is 0 Å². The van der Waals surface area contributed by atoms with Crippen LogP contribution in [0.3, 0.4) is 0 Å². The monoisotopic (exact) mass is 245 g/mol. The second-order valence-electron chi connectivity index (χ2n) is 5.68. The number of anilines is 1. The molecule has 1 saturated carbocycles. The van der Waals surface area contributed by atoms with Crippen molar-refractivity contribution >= 4 is 5.82 Å². The van der Waals surface area contributed by atoms with E-state index in [1.165, 1.54) is 45.1 Å². The van der Waals surface area contributed by atoms with E-state index in [9.17, 15) is 0 Å². The van der Waals surface area contributed by atoms with Crippen LogP contribution < -0.4 is 10.6 Å². The summed E-state index contributed by atoms with van der Waals surface area (Å²) < 4.78 is 0. The number of hydrogen-bond donors (Lipinski definition) is 1. The normalized spacial score (nSPS) is 27.9. The fourth-order valence-corrected chi connectivity index (χ4v) is 3.62. The van der Waals surface area contributed by atoms with Crippen LogP contribution in [0.25, 0.3) is 0 Å². The first-order valence-electron chi connectivity index (χ1n) is 7.30. The molecule has 0 amide bonds. The van der Waals surface area contributed by atoms with E-state index in [0.29, 0.717) is 6.54 Å². The Bertz CT molecular complexity index is 385. The summed E-state index contributed by atoms with van der Waals surface area (Å²) in [5.74, 6) is 2.06. The minimum atomic E-state index is 0.583. The fraction of sp³-hybridized carbons (Fsp3) is 0.667. The molecule has 2 heterocycles. The van der Waals surface area contributed by atoms with Crippen LogP contribution in [0.15, 0.2) is 18.3 Å². The van der Waals surface area contributed by atoms with E-state index in [-0.39, 0.29) is 0 Å². The largest absolute Gasteiger partial charge is 0.353 e. The molecule has 0 unspecified atom stereocenters. The lowest BCUT2D eigenvalue weighted by molar-refractivity contribution is 0.243. The molecule has 0 aromatic carbocycles. The van der Waals surface area contributed by atoms with Crippen molar-refractivity contribution in [1.29, 1.82) is 0 Å². The van der Waals surface area contributed by atoms with Crippen LogP contribution in [0.4, 0.5) is 5.82 Å². The number of nitrogens with zero attached hydrogens (tertiary/aromatic N) is 2. The highest BCUT2D eigenvalue weighted by atomic mass is 15.2. The van der Waals surface area contributed by atoms with E-state index in [0.717, 1.165) is 23.3 Å². The zero-order chi connectivity index (χ0) is 12.4. The van der Waals surface area contributed by atoms with Crippen molar-refractivity contribution in [3.8, 4) is 0 Å². The number of piperidine rings is 1. The highest BCUT2D eigenvalue weighted by Crippen LogP contribution is 2.37. The van der Waals surface area contributed by atoms with Gasteiger partial charge in [0.05, 0.1) is 0 Å². The standard InChI is InChI=1S/C15H23N3/c16-10-12-7-8-15(17-11-12)18-9-3-5-13-4-1-2-6-14(13)18/h7-8,11,13-14H,1-6,9-10,16H2/t13-,14-/m1/s1. The molecule has 3 nitrogen and oxygen atoms in total. The third-order valence-electron chi connectivity index (χ3n) is 4.58. The molecule has 3 heteroatoms. The summed E-state index contributed by atoms with van der Waals surface area (Å²) in [6.07, 6.45) is 10.3. The van der Waals surface area contributed by atoms with Gasteiger partial charge in [-0.25, -0.2) is 4.98 Å². The summed E-state index contributed by atoms with van der Waals surface area (Å²) >= 11 is 0. The Hall–Kier alpha value is -1.09. The molecule has 3 rings (SSSR count). The Labute approximate surface area is 109 Å². The second kappa shape index (κ2) is 5.27. The molecule has 0 spiro atoms. The molecule has 1 aromatic heterocycles. The van der Waals surface area contributed by atoms with Crippen molar-refractivity contribution in [2.75, 3.05) is 11.4 Å². The molecule has 1 aliphatic heterocycles. The minimum Gasteiger partial charge on any atom is -0.353 e.